The van der Waals surface area contributed by atoms with Crippen molar-refractivity contribution in [2.45, 2.75) is 50.5 Å². The molecule has 2 heteroatoms. The molecule has 2 nitrogen and oxygen atoms in total. The standard InChI is InChI=1S/C15H19NO/c1-2-14-13(9-15(17)16-14)12-6-4-3-5-11(12)10-7-8-10/h3-6,10,13-14H,2,7-9H2,1H3,(H,16,17). The summed E-state index contributed by atoms with van der Waals surface area (Å²) in [5.74, 6) is 1.37. The summed E-state index contributed by atoms with van der Waals surface area (Å²) in [5, 5.41) is 3.10. The fraction of sp³-hybridized carbons (Fsp3) is 0.533. The van der Waals surface area contributed by atoms with Crippen LogP contribution < -0.4 is 5.32 Å². The van der Waals surface area contributed by atoms with E-state index in [1.165, 1.54) is 24.0 Å². The summed E-state index contributed by atoms with van der Waals surface area (Å²) in [6.45, 7) is 2.16. The Labute approximate surface area is 102 Å². The van der Waals surface area contributed by atoms with Gasteiger partial charge in [-0.25, -0.2) is 0 Å². The van der Waals surface area contributed by atoms with E-state index < -0.39 is 0 Å². The molecule has 3 rings (SSSR count). The van der Waals surface area contributed by atoms with Crippen LogP contribution in [-0.2, 0) is 4.79 Å². The van der Waals surface area contributed by atoms with Crippen molar-refractivity contribution in [2.75, 3.05) is 0 Å². The molecule has 90 valence electrons. The van der Waals surface area contributed by atoms with Crippen LogP contribution in [0.5, 0.6) is 0 Å². The van der Waals surface area contributed by atoms with Gasteiger partial charge in [0.2, 0.25) is 5.91 Å². The van der Waals surface area contributed by atoms with Crippen molar-refractivity contribution in [3.8, 4) is 0 Å². The van der Waals surface area contributed by atoms with Gasteiger partial charge in [0.1, 0.15) is 0 Å². The molecule has 0 spiro atoms. The van der Waals surface area contributed by atoms with Gasteiger partial charge in [0.25, 0.3) is 0 Å². The summed E-state index contributed by atoms with van der Waals surface area (Å²) in [6.07, 6.45) is 4.33. The van der Waals surface area contributed by atoms with Gasteiger partial charge in [-0.15, -0.1) is 0 Å². The van der Waals surface area contributed by atoms with Crippen LogP contribution in [0.25, 0.3) is 0 Å². The lowest BCUT2D eigenvalue weighted by Gasteiger charge is -2.20. The number of amides is 1. The lowest BCUT2D eigenvalue weighted by Crippen LogP contribution is -2.27. The molecule has 2 unspecified atom stereocenters. The maximum Gasteiger partial charge on any atom is 0.220 e. The zero-order valence-corrected chi connectivity index (χ0v) is 10.3. The minimum Gasteiger partial charge on any atom is -0.353 e. The first-order valence-electron chi connectivity index (χ1n) is 6.67. The molecule has 1 saturated carbocycles. The van der Waals surface area contributed by atoms with Crippen molar-refractivity contribution in [1.82, 2.24) is 5.32 Å². The monoisotopic (exact) mass is 229 g/mol. The van der Waals surface area contributed by atoms with Gasteiger partial charge in [0, 0.05) is 18.4 Å². The molecular weight excluding hydrogens is 210 g/mol. The third kappa shape index (κ3) is 1.97. The van der Waals surface area contributed by atoms with Crippen molar-refractivity contribution in [3.63, 3.8) is 0 Å². The molecule has 1 amide bonds. The predicted molar refractivity (Wildman–Crippen MR) is 68.0 cm³/mol. The van der Waals surface area contributed by atoms with E-state index in [9.17, 15) is 4.79 Å². The molecule has 1 saturated heterocycles. The van der Waals surface area contributed by atoms with Gasteiger partial charge in [-0.05, 0) is 36.3 Å². The van der Waals surface area contributed by atoms with Crippen LogP contribution >= 0.6 is 0 Å². The Hall–Kier alpha value is -1.31. The van der Waals surface area contributed by atoms with Crippen LogP contribution in [0.2, 0.25) is 0 Å². The SMILES string of the molecule is CCC1NC(=O)CC1c1ccccc1C1CC1. The number of rotatable bonds is 3. The Morgan fingerprint density at radius 1 is 1.24 bits per heavy atom. The second-order valence-electron chi connectivity index (χ2n) is 5.30. The zero-order chi connectivity index (χ0) is 11.8. The van der Waals surface area contributed by atoms with Crippen LogP contribution in [-0.4, -0.2) is 11.9 Å². The van der Waals surface area contributed by atoms with Crippen LogP contribution in [0.15, 0.2) is 24.3 Å². The van der Waals surface area contributed by atoms with Crippen LogP contribution in [0.3, 0.4) is 0 Å². The highest BCUT2D eigenvalue weighted by atomic mass is 16.2. The van der Waals surface area contributed by atoms with Gasteiger partial charge in [0.15, 0.2) is 0 Å². The summed E-state index contributed by atoms with van der Waals surface area (Å²) in [4.78, 5) is 11.6. The minimum absolute atomic E-state index is 0.215. The fourth-order valence-electron chi connectivity index (χ4n) is 3.04. The third-order valence-corrected chi connectivity index (χ3v) is 4.09. The van der Waals surface area contributed by atoms with E-state index in [-0.39, 0.29) is 5.91 Å². The average molecular weight is 229 g/mol. The summed E-state index contributed by atoms with van der Waals surface area (Å²) >= 11 is 0. The highest BCUT2D eigenvalue weighted by Gasteiger charge is 2.36. The molecule has 0 aromatic heterocycles. The van der Waals surface area contributed by atoms with E-state index in [1.54, 1.807) is 0 Å². The summed E-state index contributed by atoms with van der Waals surface area (Å²) in [5.41, 5.74) is 2.91. The van der Waals surface area contributed by atoms with Crippen molar-refractivity contribution < 1.29 is 4.79 Å². The molecule has 1 aliphatic heterocycles. The molecular formula is C15H19NO. The van der Waals surface area contributed by atoms with Gasteiger partial charge < -0.3 is 5.32 Å². The quantitative estimate of drug-likeness (QED) is 0.848. The maximum atomic E-state index is 11.6. The number of carbonyl (C=O) groups is 1. The normalized spacial score (nSPS) is 28.2. The zero-order valence-electron chi connectivity index (χ0n) is 10.3. The lowest BCUT2D eigenvalue weighted by molar-refractivity contribution is -0.119. The van der Waals surface area contributed by atoms with Crippen LogP contribution in [0.4, 0.5) is 0 Å². The average Bonchev–Trinajstić information content (AvgIpc) is 3.12. The van der Waals surface area contributed by atoms with E-state index in [1.807, 2.05) is 0 Å². The molecule has 1 N–H and O–H groups in total. The predicted octanol–water partition coefficient (Wildman–Crippen LogP) is 2.95. The number of nitrogens with one attached hydrogen (secondary N) is 1. The lowest BCUT2D eigenvalue weighted by atomic mass is 9.86. The van der Waals surface area contributed by atoms with E-state index in [0.717, 1.165) is 12.3 Å². The number of benzene rings is 1. The summed E-state index contributed by atoms with van der Waals surface area (Å²) in [7, 11) is 0. The van der Waals surface area contributed by atoms with E-state index >= 15 is 0 Å². The summed E-state index contributed by atoms with van der Waals surface area (Å²) in [6, 6.07) is 9.05. The summed E-state index contributed by atoms with van der Waals surface area (Å²) < 4.78 is 0. The molecule has 1 aromatic carbocycles. The molecule has 1 heterocycles. The molecule has 0 radical (unpaired) electrons. The van der Waals surface area contributed by atoms with Gasteiger partial charge in [-0.2, -0.15) is 0 Å². The van der Waals surface area contributed by atoms with Crippen molar-refractivity contribution in [1.29, 1.82) is 0 Å². The molecule has 2 fully saturated rings. The Morgan fingerprint density at radius 3 is 2.59 bits per heavy atom. The smallest absolute Gasteiger partial charge is 0.220 e. The second kappa shape index (κ2) is 4.17. The Kier molecular flexibility index (Phi) is 2.65. The molecule has 17 heavy (non-hydrogen) atoms. The number of hydrogen-bond acceptors (Lipinski definition) is 1. The highest BCUT2D eigenvalue weighted by molar-refractivity contribution is 5.80. The van der Waals surface area contributed by atoms with E-state index in [0.29, 0.717) is 18.4 Å². The van der Waals surface area contributed by atoms with Crippen LogP contribution in [0.1, 0.15) is 55.6 Å². The number of hydrogen-bond donors (Lipinski definition) is 1. The topological polar surface area (TPSA) is 29.1 Å². The first-order chi connectivity index (χ1) is 8.29. The maximum absolute atomic E-state index is 11.6. The van der Waals surface area contributed by atoms with Gasteiger partial charge in [-0.3, -0.25) is 4.79 Å². The third-order valence-electron chi connectivity index (χ3n) is 4.09. The van der Waals surface area contributed by atoms with E-state index in [2.05, 4.69) is 36.5 Å². The Morgan fingerprint density at radius 2 is 1.94 bits per heavy atom. The molecule has 2 aliphatic rings. The van der Waals surface area contributed by atoms with Gasteiger partial charge in [-0.1, -0.05) is 31.2 Å². The largest absolute Gasteiger partial charge is 0.353 e. The molecule has 1 aliphatic carbocycles. The first kappa shape index (κ1) is 10.8. The van der Waals surface area contributed by atoms with Gasteiger partial charge >= 0.3 is 0 Å². The van der Waals surface area contributed by atoms with Crippen molar-refractivity contribution in [2.24, 2.45) is 0 Å². The first-order valence-corrected chi connectivity index (χ1v) is 6.67. The van der Waals surface area contributed by atoms with E-state index in [4.69, 9.17) is 0 Å². The Balaban J connectivity index is 1.94. The Bertz CT molecular complexity index is 436. The minimum atomic E-state index is 0.215. The molecule has 2 atom stereocenters. The van der Waals surface area contributed by atoms with Gasteiger partial charge in [0.05, 0.1) is 0 Å². The highest BCUT2D eigenvalue weighted by Crippen LogP contribution is 2.45. The second-order valence-corrected chi connectivity index (χ2v) is 5.30. The number of carbonyl (C=O) groups excluding carboxylic acids is 1. The molecule has 0 bridgehead atoms. The molecule has 1 aromatic rings. The van der Waals surface area contributed by atoms with Crippen LogP contribution in [0, 0.1) is 0 Å². The van der Waals surface area contributed by atoms with Crippen molar-refractivity contribution >= 4 is 5.91 Å². The van der Waals surface area contributed by atoms with Crippen molar-refractivity contribution in [3.05, 3.63) is 35.4 Å². The fourth-order valence-corrected chi connectivity index (χ4v) is 3.04.